The lowest BCUT2D eigenvalue weighted by Gasteiger charge is -2.35. The Balaban J connectivity index is 1.14. The van der Waals surface area contributed by atoms with Crippen LogP contribution in [0.4, 0.5) is 17.1 Å². The van der Waals surface area contributed by atoms with E-state index in [2.05, 4.69) is 175 Å². The zero-order valence-corrected chi connectivity index (χ0v) is 33.0. The summed E-state index contributed by atoms with van der Waals surface area (Å²) in [5.41, 5.74) is 12.8. The van der Waals surface area contributed by atoms with Crippen molar-refractivity contribution in [2.75, 3.05) is 4.90 Å². The van der Waals surface area contributed by atoms with Crippen LogP contribution in [-0.4, -0.2) is 0 Å². The zero-order valence-electron chi connectivity index (χ0n) is 38.0. The molecule has 0 radical (unpaired) electrons. The van der Waals surface area contributed by atoms with Gasteiger partial charge in [-0.15, -0.1) is 0 Å². The van der Waals surface area contributed by atoms with Crippen molar-refractivity contribution in [1.29, 1.82) is 0 Å². The van der Waals surface area contributed by atoms with E-state index in [0.717, 1.165) is 61.2 Å². The van der Waals surface area contributed by atoms with Crippen molar-refractivity contribution in [3.63, 3.8) is 0 Å². The van der Waals surface area contributed by atoms with Gasteiger partial charge in [0.2, 0.25) is 0 Å². The van der Waals surface area contributed by atoms with Gasteiger partial charge in [-0.3, -0.25) is 0 Å². The van der Waals surface area contributed by atoms with Gasteiger partial charge in [-0.05, 0) is 109 Å². The van der Waals surface area contributed by atoms with Crippen molar-refractivity contribution in [3.05, 3.63) is 259 Å². The van der Waals surface area contributed by atoms with Crippen molar-refractivity contribution < 1.29 is 11.3 Å². The summed E-state index contributed by atoms with van der Waals surface area (Å²) in [4.78, 5) is 2.27. The molecule has 2 nitrogen and oxygen atoms in total. The van der Waals surface area contributed by atoms with Crippen LogP contribution in [0.1, 0.15) is 29.1 Å². The van der Waals surface area contributed by atoms with E-state index in [4.69, 9.17) is 11.3 Å². The van der Waals surface area contributed by atoms with Gasteiger partial charge in [0, 0.05) is 22.3 Å². The number of benzene rings is 10. The standard InChI is InChI=1S/C59H39NO/c1-4-17-42(18-5-1)49-36-37-55(57-52-25-13-15-27-56(52)61-58(49)57)60(47-32-30-41(31-33-47)44-29-28-40-16-10-11-19-43(40)38-44)48-34-35-51-50-24-12-14-26-53(50)59(54(51)39-48,45-20-6-2-7-21-45)46-22-8-3-9-23-46/h1-39H/i1D,4D,5D,17D,18D. The van der Waals surface area contributed by atoms with E-state index in [1.165, 1.54) is 21.9 Å². The maximum absolute atomic E-state index is 9.01. The second kappa shape index (κ2) is 14.1. The third-order valence-electron chi connectivity index (χ3n) is 12.4. The number of nitrogens with zero attached hydrogens (tertiary/aromatic N) is 1. The van der Waals surface area contributed by atoms with E-state index in [1.807, 2.05) is 36.4 Å². The molecule has 1 aromatic heterocycles. The predicted octanol–water partition coefficient (Wildman–Crippen LogP) is 15.9. The Hall–Kier alpha value is -7.94. The number of hydrogen-bond acceptors (Lipinski definition) is 2. The van der Waals surface area contributed by atoms with Gasteiger partial charge in [-0.25, -0.2) is 0 Å². The summed E-state index contributed by atoms with van der Waals surface area (Å²) in [7, 11) is 0. The molecule has 12 rings (SSSR count). The van der Waals surface area contributed by atoms with E-state index < -0.39 is 23.5 Å². The highest BCUT2D eigenvalue weighted by molar-refractivity contribution is 6.17. The fourth-order valence-electron chi connectivity index (χ4n) is 9.75. The molecule has 0 N–H and O–H groups in total. The first kappa shape index (κ1) is 30.2. The number of rotatable bonds is 7. The fraction of sp³-hybridized carbons (Fsp3) is 0.0169. The summed E-state index contributed by atoms with van der Waals surface area (Å²) in [6, 6.07) is 70.5. The first-order valence-electron chi connectivity index (χ1n) is 23.1. The summed E-state index contributed by atoms with van der Waals surface area (Å²) in [5, 5.41) is 3.96. The first-order valence-corrected chi connectivity index (χ1v) is 20.6. The Morgan fingerprint density at radius 1 is 0.426 bits per heavy atom. The van der Waals surface area contributed by atoms with Crippen LogP contribution in [0.25, 0.3) is 66.1 Å². The highest BCUT2D eigenvalue weighted by Gasteiger charge is 2.46. The number of hydrogen-bond donors (Lipinski definition) is 0. The zero-order chi connectivity index (χ0) is 44.7. The number of para-hydroxylation sites is 1. The molecule has 10 aromatic carbocycles. The van der Waals surface area contributed by atoms with Crippen molar-refractivity contribution in [2.45, 2.75) is 5.41 Å². The van der Waals surface area contributed by atoms with E-state index in [0.29, 0.717) is 16.7 Å². The topological polar surface area (TPSA) is 16.4 Å². The molecule has 286 valence electrons. The summed E-state index contributed by atoms with van der Waals surface area (Å²) in [6.07, 6.45) is 0. The largest absolute Gasteiger partial charge is 0.455 e. The Labute approximate surface area is 362 Å². The van der Waals surface area contributed by atoms with Gasteiger partial charge in [-0.1, -0.05) is 188 Å². The quantitative estimate of drug-likeness (QED) is 0.160. The van der Waals surface area contributed by atoms with Crippen LogP contribution in [0.3, 0.4) is 0 Å². The average molecular weight is 783 g/mol. The molecular formula is C59H39NO. The van der Waals surface area contributed by atoms with E-state index in [-0.39, 0.29) is 17.6 Å². The van der Waals surface area contributed by atoms with Gasteiger partial charge in [0.05, 0.1) is 23.3 Å². The third-order valence-corrected chi connectivity index (χ3v) is 12.4. The summed E-state index contributed by atoms with van der Waals surface area (Å²) in [6.45, 7) is 0. The van der Waals surface area contributed by atoms with Crippen LogP contribution >= 0.6 is 0 Å². The minimum absolute atomic E-state index is 0.0914. The first-order chi connectivity index (χ1) is 32.3. The third kappa shape index (κ3) is 5.50. The number of anilines is 3. The van der Waals surface area contributed by atoms with E-state index >= 15 is 0 Å². The van der Waals surface area contributed by atoms with Crippen LogP contribution in [0, 0.1) is 0 Å². The molecule has 2 heteroatoms. The molecule has 1 heterocycles. The Morgan fingerprint density at radius 2 is 1.05 bits per heavy atom. The summed E-state index contributed by atoms with van der Waals surface area (Å²) in [5.74, 6) is 0. The Kier molecular flexibility index (Phi) is 6.98. The maximum Gasteiger partial charge on any atom is 0.145 e. The summed E-state index contributed by atoms with van der Waals surface area (Å²) >= 11 is 0. The Bertz CT molecular complexity index is 3650. The highest BCUT2D eigenvalue weighted by Crippen LogP contribution is 2.57. The number of furan rings is 1. The van der Waals surface area contributed by atoms with Gasteiger partial charge in [0.25, 0.3) is 0 Å². The lowest BCUT2D eigenvalue weighted by atomic mass is 9.67. The van der Waals surface area contributed by atoms with Crippen LogP contribution in [-0.2, 0) is 5.41 Å². The molecule has 0 saturated heterocycles. The number of fused-ring (bicyclic) bond motifs is 7. The van der Waals surface area contributed by atoms with Gasteiger partial charge in [0.15, 0.2) is 0 Å². The smallest absolute Gasteiger partial charge is 0.145 e. The van der Waals surface area contributed by atoms with E-state index in [9.17, 15) is 0 Å². The van der Waals surface area contributed by atoms with Crippen molar-refractivity contribution in [1.82, 2.24) is 0 Å². The molecule has 61 heavy (non-hydrogen) atoms. The molecule has 0 spiro atoms. The average Bonchev–Trinajstić information content (AvgIpc) is 3.91. The fourth-order valence-corrected chi connectivity index (χ4v) is 9.75. The molecule has 1 aliphatic rings. The summed E-state index contributed by atoms with van der Waals surface area (Å²) < 4.78 is 50.2. The van der Waals surface area contributed by atoms with Crippen LogP contribution in [0.5, 0.6) is 0 Å². The van der Waals surface area contributed by atoms with Gasteiger partial charge < -0.3 is 9.32 Å². The van der Waals surface area contributed by atoms with Crippen LogP contribution in [0.2, 0.25) is 0 Å². The van der Waals surface area contributed by atoms with Gasteiger partial charge >= 0.3 is 0 Å². The minimum atomic E-state index is -0.640. The molecule has 0 unspecified atom stereocenters. The van der Waals surface area contributed by atoms with Gasteiger partial charge in [0.1, 0.15) is 11.2 Å². The van der Waals surface area contributed by atoms with Crippen molar-refractivity contribution in [2.24, 2.45) is 0 Å². The minimum Gasteiger partial charge on any atom is -0.455 e. The Morgan fingerprint density at radius 3 is 1.84 bits per heavy atom. The normalized spacial score (nSPS) is 13.9. The molecule has 0 amide bonds. The SMILES string of the molecule is [2H]c1c([2H])c([2H])c(-c2ccc(N(c3ccc(-c4ccc5ccccc5c4)cc3)c3ccc4c(c3)C(c3ccccc3)(c3ccccc3)c3ccccc3-4)c3c2oc2ccccc23)c([2H])c1[2H]. The highest BCUT2D eigenvalue weighted by atomic mass is 16.3. The second-order valence-electron chi connectivity index (χ2n) is 15.6. The van der Waals surface area contributed by atoms with Gasteiger partial charge in [-0.2, -0.15) is 0 Å². The predicted molar refractivity (Wildman–Crippen MR) is 254 cm³/mol. The van der Waals surface area contributed by atoms with Crippen LogP contribution in [0.15, 0.2) is 241 Å². The molecule has 0 aliphatic heterocycles. The molecular weight excluding hydrogens is 739 g/mol. The van der Waals surface area contributed by atoms with Crippen LogP contribution < -0.4 is 4.90 Å². The van der Waals surface area contributed by atoms with Crippen molar-refractivity contribution >= 4 is 49.8 Å². The molecule has 11 aromatic rings. The molecule has 0 atom stereocenters. The van der Waals surface area contributed by atoms with Crippen molar-refractivity contribution in [3.8, 4) is 33.4 Å². The molecule has 0 saturated carbocycles. The maximum atomic E-state index is 9.01. The molecule has 1 aliphatic carbocycles. The molecule has 0 bridgehead atoms. The lowest BCUT2D eigenvalue weighted by Crippen LogP contribution is -2.28. The molecule has 0 fully saturated rings. The second-order valence-corrected chi connectivity index (χ2v) is 15.6. The van der Waals surface area contributed by atoms with E-state index in [1.54, 1.807) is 0 Å². The monoisotopic (exact) mass is 782 g/mol. The lowest BCUT2D eigenvalue weighted by molar-refractivity contribution is 0.670.